The monoisotopic (exact) mass is 600 g/mol. The summed E-state index contributed by atoms with van der Waals surface area (Å²) < 4.78 is 11.1. The number of hydrogen-bond acceptors (Lipinski definition) is 6. The Bertz CT molecular complexity index is 1400. The summed E-state index contributed by atoms with van der Waals surface area (Å²) in [4.78, 5) is 49.2. The van der Waals surface area contributed by atoms with Crippen molar-refractivity contribution in [3.8, 4) is 0 Å². The number of amides is 3. The second-order valence-corrected chi connectivity index (χ2v) is 12.8. The van der Waals surface area contributed by atoms with Crippen LogP contribution in [0.2, 0.25) is 0 Å². The molecule has 44 heavy (non-hydrogen) atoms. The number of pyridine rings is 1. The number of nitrogens with zero attached hydrogens (tertiary/aromatic N) is 3. The number of likely N-dealkylation sites (tertiary alicyclic amines) is 1. The Morgan fingerprint density at radius 1 is 1.00 bits per heavy atom. The molecule has 1 aliphatic heterocycles. The first-order valence-electron chi connectivity index (χ1n) is 15.0. The summed E-state index contributed by atoms with van der Waals surface area (Å²) in [5, 5.41) is 2.99. The van der Waals surface area contributed by atoms with Gasteiger partial charge in [-0.3, -0.25) is 24.4 Å². The highest BCUT2D eigenvalue weighted by Gasteiger charge is 2.42. The minimum Gasteiger partial charge on any atom is -0.445 e. The molecular formula is C35H44N4O5. The molecule has 3 aromatic rings. The van der Waals surface area contributed by atoms with Gasteiger partial charge in [-0.05, 0) is 61.4 Å². The Kier molecular flexibility index (Phi) is 10.4. The molecule has 0 bridgehead atoms. The van der Waals surface area contributed by atoms with Gasteiger partial charge in [-0.2, -0.15) is 0 Å². The Morgan fingerprint density at radius 3 is 2.32 bits per heavy atom. The van der Waals surface area contributed by atoms with Crippen molar-refractivity contribution in [1.82, 2.24) is 15.2 Å². The topological polar surface area (TPSA) is 101 Å². The number of aromatic nitrogens is 1. The van der Waals surface area contributed by atoms with Crippen molar-refractivity contribution >= 4 is 23.6 Å². The molecule has 1 unspecified atom stereocenters. The lowest BCUT2D eigenvalue weighted by Crippen LogP contribution is -2.53. The van der Waals surface area contributed by atoms with Gasteiger partial charge in [-0.1, -0.05) is 69.3 Å². The minimum absolute atomic E-state index is 0.102. The SMILES string of the molecule is COC(C)(C)CNC(=O)C(c1cccnc1)N(C(=O)[C@H]1CCCN1C(=O)OCc1ccccc1)c1ccc(C(C)(C)C)cc1. The molecule has 1 aliphatic rings. The zero-order valence-corrected chi connectivity index (χ0v) is 26.6. The Hall–Kier alpha value is -4.24. The number of nitrogens with one attached hydrogen (secondary N) is 1. The fourth-order valence-electron chi connectivity index (χ4n) is 5.15. The van der Waals surface area contributed by atoms with Crippen molar-refractivity contribution < 1.29 is 23.9 Å². The maximum atomic E-state index is 14.6. The molecule has 1 saturated heterocycles. The van der Waals surface area contributed by atoms with Crippen LogP contribution in [0.3, 0.4) is 0 Å². The van der Waals surface area contributed by atoms with Crippen LogP contribution in [-0.4, -0.2) is 59.6 Å². The predicted molar refractivity (Wildman–Crippen MR) is 170 cm³/mol. The number of anilines is 1. The normalized spacial score (nSPS) is 15.9. The van der Waals surface area contributed by atoms with Crippen LogP contribution in [0.5, 0.6) is 0 Å². The maximum absolute atomic E-state index is 14.6. The zero-order valence-electron chi connectivity index (χ0n) is 26.6. The number of benzene rings is 2. The molecule has 2 aromatic carbocycles. The first kappa shape index (κ1) is 32.7. The van der Waals surface area contributed by atoms with Crippen LogP contribution in [0.25, 0.3) is 0 Å². The van der Waals surface area contributed by atoms with Gasteiger partial charge in [-0.25, -0.2) is 4.79 Å². The van der Waals surface area contributed by atoms with Crippen LogP contribution in [0, 0.1) is 0 Å². The van der Waals surface area contributed by atoms with Gasteiger partial charge in [0.2, 0.25) is 5.91 Å². The molecule has 2 atom stereocenters. The fraction of sp³-hybridized carbons (Fsp3) is 0.429. The average Bonchev–Trinajstić information content (AvgIpc) is 3.52. The lowest BCUT2D eigenvalue weighted by atomic mass is 9.87. The molecule has 4 rings (SSSR count). The lowest BCUT2D eigenvalue weighted by molar-refractivity contribution is -0.129. The van der Waals surface area contributed by atoms with Gasteiger partial charge in [0, 0.05) is 43.8 Å². The molecule has 0 spiro atoms. The summed E-state index contributed by atoms with van der Waals surface area (Å²) in [6.45, 7) is 10.8. The summed E-state index contributed by atoms with van der Waals surface area (Å²) in [5.74, 6) is -0.745. The summed E-state index contributed by atoms with van der Waals surface area (Å²) in [5.41, 5.74) is 2.31. The highest BCUT2D eigenvalue weighted by molar-refractivity contribution is 6.04. The number of rotatable bonds is 10. The van der Waals surface area contributed by atoms with Crippen molar-refractivity contribution in [2.45, 2.75) is 77.2 Å². The van der Waals surface area contributed by atoms with E-state index in [2.05, 4.69) is 31.1 Å². The van der Waals surface area contributed by atoms with E-state index < -0.39 is 23.8 Å². The molecule has 234 valence electrons. The number of ether oxygens (including phenoxy) is 2. The first-order valence-corrected chi connectivity index (χ1v) is 15.0. The third-order valence-corrected chi connectivity index (χ3v) is 7.97. The third kappa shape index (κ3) is 8.02. The van der Waals surface area contributed by atoms with E-state index in [-0.39, 0.29) is 30.4 Å². The number of hydrogen-bond donors (Lipinski definition) is 1. The summed E-state index contributed by atoms with van der Waals surface area (Å²) in [7, 11) is 1.59. The van der Waals surface area contributed by atoms with Gasteiger partial charge in [0.05, 0.1) is 5.60 Å². The quantitative estimate of drug-likeness (QED) is 0.316. The van der Waals surface area contributed by atoms with Crippen molar-refractivity contribution in [3.63, 3.8) is 0 Å². The number of methoxy groups -OCH3 is 1. The van der Waals surface area contributed by atoms with Crippen LogP contribution in [0.1, 0.15) is 70.2 Å². The molecule has 1 fully saturated rings. The van der Waals surface area contributed by atoms with Crippen LogP contribution in [0.15, 0.2) is 79.1 Å². The number of carbonyl (C=O) groups is 3. The van der Waals surface area contributed by atoms with Gasteiger partial charge in [0.25, 0.3) is 5.91 Å². The van der Waals surface area contributed by atoms with Crippen LogP contribution < -0.4 is 10.2 Å². The predicted octanol–water partition coefficient (Wildman–Crippen LogP) is 5.80. The van der Waals surface area contributed by atoms with E-state index in [1.165, 1.54) is 9.80 Å². The second-order valence-electron chi connectivity index (χ2n) is 12.8. The molecule has 9 nitrogen and oxygen atoms in total. The van der Waals surface area contributed by atoms with E-state index >= 15 is 0 Å². The summed E-state index contributed by atoms with van der Waals surface area (Å²) in [6, 6.07) is 18.8. The third-order valence-electron chi connectivity index (χ3n) is 7.97. The van der Waals surface area contributed by atoms with Crippen LogP contribution in [0.4, 0.5) is 10.5 Å². The minimum atomic E-state index is -1.05. The smallest absolute Gasteiger partial charge is 0.410 e. The molecule has 1 aromatic heterocycles. The highest BCUT2D eigenvalue weighted by atomic mass is 16.6. The molecule has 0 aliphatic carbocycles. The first-order chi connectivity index (χ1) is 20.9. The van der Waals surface area contributed by atoms with Gasteiger partial charge in [-0.15, -0.1) is 0 Å². The standard InChI is InChI=1S/C35H44N4O5/c1-34(2,3)27-16-18-28(19-17-27)39(30(26-14-10-20-36-22-26)31(40)37-24-35(4,5)43-6)32(41)29-15-11-21-38(29)33(42)44-23-25-12-8-7-9-13-25/h7-10,12-14,16-20,22,29-30H,11,15,21,23-24H2,1-6H3,(H,37,40)/t29-,30?/m1/s1. The highest BCUT2D eigenvalue weighted by Crippen LogP contribution is 2.33. The van der Waals surface area contributed by atoms with Crippen molar-refractivity contribution in [3.05, 3.63) is 95.8 Å². The molecular weight excluding hydrogens is 556 g/mol. The van der Waals surface area contributed by atoms with Gasteiger partial charge in [0.15, 0.2) is 0 Å². The molecule has 2 heterocycles. The number of carbonyl (C=O) groups excluding carboxylic acids is 3. The van der Waals surface area contributed by atoms with E-state index in [4.69, 9.17) is 9.47 Å². The Labute approximate surface area is 260 Å². The van der Waals surface area contributed by atoms with Gasteiger partial charge < -0.3 is 14.8 Å². The fourth-order valence-corrected chi connectivity index (χ4v) is 5.15. The van der Waals surface area contributed by atoms with Crippen molar-refractivity contribution in [1.29, 1.82) is 0 Å². The lowest BCUT2D eigenvalue weighted by Gasteiger charge is -2.36. The largest absolute Gasteiger partial charge is 0.445 e. The maximum Gasteiger partial charge on any atom is 0.410 e. The summed E-state index contributed by atoms with van der Waals surface area (Å²) in [6.07, 6.45) is 3.75. The molecule has 0 saturated carbocycles. The van der Waals surface area contributed by atoms with E-state index in [1.54, 1.807) is 31.6 Å². The average molecular weight is 601 g/mol. The van der Waals surface area contributed by atoms with Crippen molar-refractivity contribution in [2.24, 2.45) is 0 Å². The Balaban J connectivity index is 1.72. The van der Waals surface area contributed by atoms with Gasteiger partial charge >= 0.3 is 6.09 Å². The van der Waals surface area contributed by atoms with Crippen LogP contribution in [-0.2, 0) is 31.1 Å². The molecule has 1 N–H and O–H groups in total. The van der Waals surface area contributed by atoms with E-state index in [1.807, 2.05) is 68.4 Å². The Morgan fingerprint density at radius 2 is 1.70 bits per heavy atom. The van der Waals surface area contributed by atoms with Crippen molar-refractivity contribution in [2.75, 3.05) is 25.1 Å². The van der Waals surface area contributed by atoms with E-state index in [0.29, 0.717) is 30.6 Å². The van der Waals surface area contributed by atoms with Gasteiger partial charge in [0.1, 0.15) is 18.7 Å². The summed E-state index contributed by atoms with van der Waals surface area (Å²) >= 11 is 0. The zero-order chi connectivity index (χ0) is 31.9. The molecule has 9 heteroatoms. The van der Waals surface area contributed by atoms with E-state index in [9.17, 15) is 14.4 Å². The molecule has 0 radical (unpaired) electrons. The van der Waals surface area contributed by atoms with Crippen LogP contribution >= 0.6 is 0 Å². The molecule has 3 amide bonds. The second kappa shape index (κ2) is 14.0. The van der Waals surface area contributed by atoms with E-state index in [0.717, 1.165) is 11.1 Å².